The first kappa shape index (κ1) is 17.9. The van der Waals surface area contributed by atoms with Gasteiger partial charge in [-0.25, -0.2) is 0 Å². The van der Waals surface area contributed by atoms with Crippen LogP contribution in [0.5, 0.6) is 0 Å². The molecule has 0 atom stereocenters. The first-order chi connectivity index (χ1) is 11.7. The van der Waals surface area contributed by atoms with E-state index in [-0.39, 0.29) is 10.8 Å². The largest absolute Gasteiger partial charge is 0.378 e. The number of benzene rings is 1. The monoisotopic (exact) mass is 339 g/mol. The highest BCUT2D eigenvalue weighted by molar-refractivity contribution is 5.79. The molecule has 1 aliphatic rings. The van der Waals surface area contributed by atoms with E-state index in [4.69, 9.17) is 9.26 Å². The Morgan fingerprint density at radius 1 is 1.12 bits per heavy atom. The summed E-state index contributed by atoms with van der Waals surface area (Å²) in [6.07, 6.45) is 4.51. The maximum Gasteiger partial charge on any atom is 0.160 e. The van der Waals surface area contributed by atoms with Crippen molar-refractivity contribution in [2.24, 2.45) is 0 Å². The molecule has 0 unspecified atom stereocenters. The fourth-order valence-corrected chi connectivity index (χ4v) is 3.74. The molecule has 1 aromatic carbocycles. The molecule has 0 saturated heterocycles. The number of rotatable bonds is 4. The Kier molecular flexibility index (Phi) is 4.63. The highest BCUT2D eigenvalue weighted by Crippen LogP contribution is 2.46. The summed E-state index contributed by atoms with van der Waals surface area (Å²) < 4.78 is 10.5. The summed E-state index contributed by atoms with van der Waals surface area (Å²) in [5.74, 6) is 0.766. The highest BCUT2D eigenvalue weighted by atomic mass is 16.5. The van der Waals surface area contributed by atoms with Crippen LogP contribution < -0.4 is 0 Å². The molecule has 1 aliphatic carbocycles. The van der Waals surface area contributed by atoms with E-state index in [1.165, 1.54) is 35.1 Å². The van der Waals surface area contributed by atoms with Gasteiger partial charge in [-0.3, -0.25) is 0 Å². The average molecular weight is 339 g/mol. The van der Waals surface area contributed by atoms with Gasteiger partial charge in [-0.2, -0.15) is 0 Å². The quantitative estimate of drug-likeness (QED) is 0.713. The molecule has 3 nitrogen and oxygen atoms in total. The van der Waals surface area contributed by atoms with Crippen LogP contribution in [0, 0.1) is 0 Å². The van der Waals surface area contributed by atoms with Crippen molar-refractivity contribution in [1.29, 1.82) is 0 Å². The summed E-state index contributed by atoms with van der Waals surface area (Å²) in [6.45, 7) is 12.0. The van der Waals surface area contributed by atoms with E-state index in [0.717, 1.165) is 11.5 Å². The first-order valence-electron chi connectivity index (χ1n) is 9.01. The van der Waals surface area contributed by atoms with E-state index in [1.54, 1.807) is 7.11 Å². The van der Waals surface area contributed by atoms with E-state index in [9.17, 15) is 0 Å². The Morgan fingerprint density at radius 2 is 1.80 bits per heavy atom. The number of ether oxygens (including phenoxy) is 1. The predicted octanol–water partition coefficient (Wildman–Crippen LogP) is 5.73. The molecule has 0 fully saturated rings. The lowest BCUT2D eigenvalue weighted by Gasteiger charge is -2.42. The minimum Gasteiger partial charge on any atom is -0.378 e. The van der Waals surface area contributed by atoms with Crippen molar-refractivity contribution < 1.29 is 9.26 Å². The molecule has 3 rings (SSSR count). The number of hydrogen-bond donors (Lipinski definition) is 0. The normalized spacial score (nSPS) is 18.9. The van der Waals surface area contributed by atoms with Crippen molar-refractivity contribution in [3.8, 4) is 0 Å². The molecule has 0 N–H and O–H groups in total. The number of methoxy groups -OCH3 is 1. The van der Waals surface area contributed by atoms with Crippen molar-refractivity contribution in [1.82, 2.24) is 5.16 Å². The Labute approximate surface area is 151 Å². The summed E-state index contributed by atoms with van der Waals surface area (Å²) in [7, 11) is 1.66. The maximum atomic E-state index is 5.39. The molecular weight excluding hydrogens is 310 g/mol. The molecule has 0 aliphatic heterocycles. The molecular formula is C22H29NO2. The Hall–Kier alpha value is -1.87. The number of hydrogen-bond acceptors (Lipinski definition) is 3. The SMILES string of the molecule is COCc1cc(/C=C(/C)c2ccc3c(c2)C(C)(C)CCC3(C)C)on1. The van der Waals surface area contributed by atoms with Crippen LogP contribution in [0.15, 0.2) is 28.8 Å². The lowest BCUT2D eigenvalue weighted by atomic mass is 9.63. The van der Waals surface area contributed by atoms with Crippen LogP contribution in [0.1, 0.15) is 75.6 Å². The van der Waals surface area contributed by atoms with Gasteiger partial charge in [0.15, 0.2) is 5.76 Å². The van der Waals surface area contributed by atoms with Crippen LogP contribution in [-0.4, -0.2) is 12.3 Å². The van der Waals surface area contributed by atoms with E-state index in [0.29, 0.717) is 6.61 Å². The summed E-state index contributed by atoms with van der Waals surface area (Å²) in [4.78, 5) is 0. The van der Waals surface area contributed by atoms with E-state index in [2.05, 4.69) is 64.1 Å². The second-order valence-electron chi connectivity index (χ2n) is 8.51. The molecule has 134 valence electrons. The molecule has 0 bridgehead atoms. The van der Waals surface area contributed by atoms with Crippen molar-refractivity contribution in [2.75, 3.05) is 7.11 Å². The number of allylic oxidation sites excluding steroid dienone is 1. The fourth-order valence-electron chi connectivity index (χ4n) is 3.74. The lowest BCUT2D eigenvalue weighted by Crippen LogP contribution is -2.33. The van der Waals surface area contributed by atoms with Gasteiger partial charge in [0.25, 0.3) is 0 Å². The van der Waals surface area contributed by atoms with Crippen LogP contribution in [0.2, 0.25) is 0 Å². The lowest BCUT2D eigenvalue weighted by molar-refractivity contribution is 0.177. The number of nitrogens with zero attached hydrogens (tertiary/aromatic N) is 1. The van der Waals surface area contributed by atoms with Crippen LogP contribution in [0.4, 0.5) is 0 Å². The zero-order chi connectivity index (χ0) is 18.2. The predicted molar refractivity (Wildman–Crippen MR) is 102 cm³/mol. The molecule has 1 heterocycles. The van der Waals surface area contributed by atoms with Crippen LogP contribution in [-0.2, 0) is 22.2 Å². The van der Waals surface area contributed by atoms with Crippen molar-refractivity contribution in [3.05, 3.63) is 52.4 Å². The molecule has 0 radical (unpaired) electrons. The second-order valence-corrected chi connectivity index (χ2v) is 8.51. The van der Waals surface area contributed by atoms with Gasteiger partial charge in [0.2, 0.25) is 0 Å². The minimum atomic E-state index is 0.221. The van der Waals surface area contributed by atoms with Gasteiger partial charge in [0.1, 0.15) is 5.69 Å². The molecule has 0 spiro atoms. The molecule has 1 aromatic heterocycles. The molecule has 0 saturated carbocycles. The van der Waals surface area contributed by atoms with Crippen LogP contribution in [0.3, 0.4) is 0 Å². The van der Waals surface area contributed by atoms with Gasteiger partial charge in [-0.15, -0.1) is 0 Å². The van der Waals surface area contributed by atoms with Gasteiger partial charge in [0.05, 0.1) is 6.61 Å². The Morgan fingerprint density at radius 3 is 2.48 bits per heavy atom. The smallest absolute Gasteiger partial charge is 0.160 e. The van der Waals surface area contributed by atoms with E-state index < -0.39 is 0 Å². The second kappa shape index (κ2) is 6.45. The summed E-state index contributed by atoms with van der Waals surface area (Å²) in [5, 5.41) is 4.02. The van der Waals surface area contributed by atoms with Gasteiger partial charge >= 0.3 is 0 Å². The molecule has 3 heteroatoms. The van der Waals surface area contributed by atoms with E-state index in [1.807, 2.05) is 6.07 Å². The van der Waals surface area contributed by atoms with Gasteiger partial charge in [0, 0.05) is 13.2 Å². The number of aromatic nitrogens is 1. The summed E-state index contributed by atoms with van der Waals surface area (Å²) in [5.41, 5.74) is 6.68. The Bertz CT molecular complexity index is 796. The van der Waals surface area contributed by atoms with Crippen molar-refractivity contribution in [2.45, 2.75) is 64.9 Å². The van der Waals surface area contributed by atoms with Crippen LogP contribution >= 0.6 is 0 Å². The third-order valence-corrected chi connectivity index (χ3v) is 5.54. The standard InChI is InChI=1S/C22H29NO2/c1-15(11-18-13-17(14-24-6)23-25-18)16-7-8-19-20(12-16)22(4,5)10-9-21(19,2)3/h7-8,11-13H,9-10,14H2,1-6H3/b15-11-. The summed E-state index contributed by atoms with van der Waals surface area (Å²) in [6, 6.07) is 8.85. The van der Waals surface area contributed by atoms with E-state index >= 15 is 0 Å². The third-order valence-electron chi connectivity index (χ3n) is 5.54. The highest BCUT2D eigenvalue weighted by Gasteiger charge is 2.36. The van der Waals surface area contributed by atoms with Gasteiger partial charge < -0.3 is 9.26 Å². The third kappa shape index (κ3) is 3.57. The maximum absolute atomic E-state index is 5.39. The summed E-state index contributed by atoms with van der Waals surface area (Å²) >= 11 is 0. The topological polar surface area (TPSA) is 35.3 Å². The zero-order valence-corrected chi connectivity index (χ0v) is 16.3. The zero-order valence-electron chi connectivity index (χ0n) is 16.3. The number of fused-ring (bicyclic) bond motifs is 1. The van der Waals surface area contributed by atoms with Crippen molar-refractivity contribution in [3.63, 3.8) is 0 Å². The first-order valence-corrected chi connectivity index (χ1v) is 9.01. The van der Waals surface area contributed by atoms with Gasteiger partial charge in [-0.1, -0.05) is 51.1 Å². The molecule has 2 aromatic rings. The fraction of sp³-hybridized carbons (Fsp3) is 0.500. The van der Waals surface area contributed by atoms with Crippen molar-refractivity contribution >= 4 is 11.6 Å². The Balaban J connectivity index is 1.96. The molecule has 25 heavy (non-hydrogen) atoms. The molecule has 0 amide bonds. The average Bonchev–Trinajstić information content (AvgIpc) is 2.99. The minimum absolute atomic E-state index is 0.221. The van der Waals surface area contributed by atoms with Crippen LogP contribution in [0.25, 0.3) is 11.6 Å². The van der Waals surface area contributed by atoms with Gasteiger partial charge in [-0.05, 0) is 58.9 Å².